The third kappa shape index (κ3) is 4.90. The van der Waals surface area contributed by atoms with Crippen molar-refractivity contribution in [2.24, 2.45) is 0 Å². The summed E-state index contributed by atoms with van der Waals surface area (Å²) in [7, 11) is 0. The van der Waals surface area contributed by atoms with Crippen molar-refractivity contribution >= 4 is 28.2 Å². The van der Waals surface area contributed by atoms with Gasteiger partial charge in [0.2, 0.25) is 0 Å². The van der Waals surface area contributed by atoms with Gasteiger partial charge in [0.05, 0.1) is 24.1 Å². The molecule has 3 aromatic carbocycles. The molecule has 1 heterocycles. The van der Waals surface area contributed by atoms with Gasteiger partial charge in [-0.3, -0.25) is 9.59 Å². The number of H-pyrrole nitrogens is 1. The Morgan fingerprint density at radius 1 is 0.968 bits per heavy atom. The molecule has 0 aliphatic rings. The number of anilines is 2. The van der Waals surface area contributed by atoms with E-state index in [-0.39, 0.29) is 11.5 Å². The van der Waals surface area contributed by atoms with Crippen LogP contribution in [0, 0.1) is 0 Å². The first-order valence-electron chi connectivity index (χ1n) is 9.98. The smallest absolute Gasteiger partial charge is 0.258 e. The predicted molar refractivity (Wildman–Crippen MR) is 122 cm³/mol. The molecule has 3 N–H and O–H groups in total. The number of rotatable bonds is 7. The molecule has 1 aromatic heterocycles. The minimum atomic E-state index is -0.198. The SMILES string of the molecule is CCOc1ccc(NC(=O)c2ccc(NCc3nc4ccccc4c(=O)[nH]3)cc2)cc1. The Bertz CT molecular complexity index is 1250. The van der Waals surface area contributed by atoms with Crippen molar-refractivity contribution < 1.29 is 9.53 Å². The van der Waals surface area contributed by atoms with Crippen LogP contribution in [-0.2, 0) is 6.54 Å². The highest BCUT2D eigenvalue weighted by Gasteiger charge is 2.07. The van der Waals surface area contributed by atoms with Crippen LogP contribution < -0.4 is 20.9 Å². The van der Waals surface area contributed by atoms with Crippen LogP contribution in [0.5, 0.6) is 5.75 Å². The molecule has 7 heteroatoms. The molecular formula is C24H22N4O3. The highest BCUT2D eigenvalue weighted by atomic mass is 16.5. The maximum atomic E-state index is 12.5. The topological polar surface area (TPSA) is 96.1 Å². The summed E-state index contributed by atoms with van der Waals surface area (Å²) in [6.45, 7) is 2.88. The molecule has 0 spiro atoms. The number of fused-ring (bicyclic) bond motifs is 1. The van der Waals surface area contributed by atoms with Crippen molar-refractivity contribution in [2.75, 3.05) is 17.2 Å². The average Bonchev–Trinajstić information content (AvgIpc) is 2.79. The third-order valence-corrected chi connectivity index (χ3v) is 4.69. The monoisotopic (exact) mass is 414 g/mol. The Morgan fingerprint density at radius 3 is 2.42 bits per heavy atom. The lowest BCUT2D eigenvalue weighted by Gasteiger charge is -2.09. The van der Waals surface area contributed by atoms with Crippen LogP contribution >= 0.6 is 0 Å². The van der Waals surface area contributed by atoms with Gasteiger partial charge < -0.3 is 20.4 Å². The molecule has 4 aromatic rings. The van der Waals surface area contributed by atoms with Crippen LogP contribution in [0.15, 0.2) is 77.6 Å². The van der Waals surface area contributed by atoms with Crippen molar-refractivity contribution in [1.82, 2.24) is 9.97 Å². The lowest BCUT2D eigenvalue weighted by Crippen LogP contribution is -2.14. The first-order valence-corrected chi connectivity index (χ1v) is 9.98. The molecule has 0 aliphatic carbocycles. The Kier molecular flexibility index (Phi) is 5.93. The predicted octanol–water partition coefficient (Wildman–Crippen LogP) is 4.19. The maximum absolute atomic E-state index is 12.5. The van der Waals surface area contributed by atoms with Gasteiger partial charge in [-0.15, -0.1) is 0 Å². The lowest BCUT2D eigenvalue weighted by molar-refractivity contribution is 0.102. The van der Waals surface area contributed by atoms with E-state index in [0.29, 0.717) is 41.1 Å². The Hall–Kier alpha value is -4.13. The first kappa shape index (κ1) is 20.2. The Labute approximate surface area is 179 Å². The molecule has 0 saturated carbocycles. The van der Waals surface area contributed by atoms with E-state index in [1.54, 1.807) is 30.3 Å². The maximum Gasteiger partial charge on any atom is 0.258 e. The molecule has 0 fully saturated rings. The molecule has 0 atom stereocenters. The van der Waals surface area contributed by atoms with Crippen molar-refractivity contribution in [3.05, 3.63) is 94.5 Å². The fourth-order valence-corrected chi connectivity index (χ4v) is 3.15. The molecule has 0 radical (unpaired) electrons. The van der Waals surface area contributed by atoms with Gasteiger partial charge in [0.25, 0.3) is 11.5 Å². The molecule has 7 nitrogen and oxygen atoms in total. The third-order valence-electron chi connectivity index (χ3n) is 4.69. The van der Waals surface area contributed by atoms with E-state index >= 15 is 0 Å². The molecule has 4 rings (SSSR count). The summed E-state index contributed by atoms with van der Waals surface area (Å²) in [5, 5.41) is 6.64. The van der Waals surface area contributed by atoms with Crippen molar-refractivity contribution in [3.8, 4) is 5.75 Å². The van der Waals surface area contributed by atoms with Crippen LogP contribution in [0.25, 0.3) is 10.9 Å². The van der Waals surface area contributed by atoms with E-state index in [1.807, 2.05) is 49.4 Å². The Balaban J connectivity index is 1.38. The van der Waals surface area contributed by atoms with Crippen LogP contribution in [-0.4, -0.2) is 22.5 Å². The number of aromatic nitrogens is 2. The number of hydrogen-bond acceptors (Lipinski definition) is 5. The van der Waals surface area contributed by atoms with E-state index in [9.17, 15) is 9.59 Å². The van der Waals surface area contributed by atoms with Crippen LogP contribution in [0.4, 0.5) is 11.4 Å². The van der Waals surface area contributed by atoms with E-state index < -0.39 is 0 Å². The quantitative estimate of drug-likeness (QED) is 0.421. The van der Waals surface area contributed by atoms with Crippen LogP contribution in [0.2, 0.25) is 0 Å². The average molecular weight is 414 g/mol. The number of nitrogens with one attached hydrogen (secondary N) is 3. The first-order chi connectivity index (χ1) is 15.1. The fraction of sp³-hybridized carbons (Fsp3) is 0.125. The zero-order valence-corrected chi connectivity index (χ0v) is 17.0. The number of hydrogen-bond donors (Lipinski definition) is 3. The Morgan fingerprint density at radius 2 is 1.68 bits per heavy atom. The number of nitrogens with zero attached hydrogens (tertiary/aromatic N) is 1. The van der Waals surface area contributed by atoms with E-state index in [4.69, 9.17) is 4.74 Å². The van der Waals surface area contributed by atoms with E-state index in [2.05, 4.69) is 20.6 Å². The summed E-state index contributed by atoms with van der Waals surface area (Å²) in [6.07, 6.45) is 0. The number of amides is 1. The number of aromatic amines is 1. The number of ether oxygens (including phenoxy) is 1. The van der Waals surface area contributed by atoms with E-state index in [0.717, 1.165) is 11.4 Å². The summed E-state index contributed by atoms with van der Waals surface area (Å²) in [5.41, 5.74) is 2.54. The standard InChI is InChI=1S/C24H22N4O3/c1-2-31-19-13-11-18(12-14-19)26-23(29)16-7-9-17(10-8-16)25-15-22-27-21-6-4-3-5-20(21)24(30)28-22/h3-14,25H,2,15H2,1H3,(H,26,29)(H,27,28,30). The molecule has 0 aliphatic heterocycles. The number of para-hydroxylation sites is 1. The van der Waals surface area contributed by atoms with Gasteiger partial charge in [0, 0.05) is 16.9 Å². The van der Waals surface area contributed by atoms with Crippen molar-refractivity contribution in [3.63, 3.8) is 0 Å². The largest absolute Gasteiger partial charge is 0.494 e. The van der Waals surface area contributed by atoms with E-state index in [1.165, 1.54) is 0 Å². The second-order valence-electron chi connectivity index (χ2n) is 6.87. The number of benzene rings is 3. The van der Waals surface area contributed by atoms with Gasteiger partial charge in [-0.2, -0.15) is 0 Å². The number of carbonyl (C=O) groups excluding carboxylic acids is 1. The molecule has 156 valence electrons. The van der Waals surface area contributed by atoms with Gasteiger partial charge in [0.15, 0.2) is 0 Å². The summed E-state index contributed by atoms with van der Waals surface area (Å²) in [6, 6.07) is 21.6. The van der Waals surface area contributed by atoms with Crippen molar-refractivity contribution in [1.29, 1.82) is 0 Å². The van der Waals surface area contributed by atoms with Crippen LogP contribution in [0.1, 0.15) is 23.1 Å². The normalized spacial score (nSPS) is 10.6. The molecular weight excluding hydrogens is 392 g/mol. The van der Waals surface area contributed by atoms with Gasteiger partial charge in [-0.05, 0) is 67.6 Å². The second kappa shape index (κ2) is 9.13. The summed E-state index contributed by atoms with van der Waals surface area (Å²) in [4.78, 5) is 31.9. The highest BCUT2D eigenvalue weighted by molar-refractivity contribution is 6.04. The molecule has 0 bridgehead atoms. The minimum Gasteiger partial charge on any atom is -0.494 e. The van der Waals surface area contributed by atoms with Crippen LogP contribution in [0.3, 0.4) is 0 Å². The lowest BCUT2D eigenvalue weighted by atomic mass is 10.2. The second-order valence-corrected chi connectivity index (χ2v) is 6.87. The summed E-state index contributed by atoms with van der Waals surface area (Å²) < 4.78 is 5.40. The number of carbonyl (C=O) groups is 1. The van der Waals surface area contributed by atoms with Gasteiger partial charge in [0.1, 0.15) is 11.6 Å². The summed E-state index contributed by atoms with van der Waals surface area (Å²) >= 11 is 0. The minimum absolute atomic E-state index is 0.163. The van der Waals surface area contributed by atoms with Gasteiger partial charge in [-0.1, -0.05) is 12.1 Å². The molecule has 31 heavy (non-hydrogen) atoms. The summed E-state index contributed by atoms with van der Waals surface area (Å²) in [5.74, 6) is 1.11. The van der Waals surface area contributed by atoms with Gasteiger partial charge in [-0.25, -0.2) is 4.98 Å². The molecule has 1 amide bonds. The molecule has 0 unspecified atom stereocenters. The van der Waals surface area contributed by atoms with Crippen molar-refractivity contribution in [2.45, 2.75) is 13.5 Å². The zero-order valence-electron chi connectivity index (χ0n) is 17.0. The highest BCUT2D eigenvalue weighted by Crippen LogP contribution is 2.17. The van der Waals surface area contributed by atoms with Gasteiger partial charge >= 0.3 is 0 Å². The molecule has 0 saturated heterocycles. The zero-order chi connectivity index (χ0) is 21.6. The fourth-order valence-electron chi connectivity index (χ4n) is 3.15.